The van der Waals surface area contributed by atoms with Crippen molar-refractivity contribution >= 4 is 8.60 Å². The fraction of sp³-hybridized carbons (Fsp3) is 0.647. The van der Waals surface area contributed by atoms with Crippen LogP contribution in [0.1, 0.15) is 65.2 Å². The first-order valence-corrected chi connectivity index (χ1v) is 8.66. The van der Waals surface area contributed by atoms with Gasteiger partial charge >= 0.3 is 0 Å². The summed E-state index contributed by atoms with van der Waals surface area (Å²) in [7, 11) is -2.10. The van der Waals surface area contributed by atoms with Crippen molar-refractivity contribution in [1.82, 2.24) is 0 Å². The van der Waals surface area contributed by atoms with Gasteiger partial charge in [0.15, 0.2) is 0 Å². The fourth-order valence-corrected chi connectivity index (χ4v) is 2.73. The molecule has 1 rings (SSSR count). The number of rotatable bonds is 5. The van der Waals surface area contributed by atoms with Crippen LogP contribution in [-0.2, 0) is 26.5 Å². The summed E-state index contributed by atoms with van der Waals surface area (Å²) in [6.45, 7) is 14.7. The molecule has 0 aromatic heterocycles. The van der Waals surface area contributed by atoms with Gasteiger partial charge in [0.2, 0.25) is 0 Å². The van der Waals surface area contributed by atoms with Gasteiger partial charge in [0.05, 0.1) is 15.2 Å². The van der Waals surface area contributed by atoms with Crippen molar-refractivity contribution in [3.05, 3.63) is 28.8 Å². The highest BCUT2D eigenvalue weighted by molar-refractivity contribution is 7.38. The Hall–Kier alpha value is -0.670. The lowest BCUT2D eigenvalue weighted by Crippen LogP contribution is -2.18. The third-order valence-electron chi connectivity index (χ3n) is 3.36. The molecule has 0 aliphatic rings. The van der Waals surface area contributed by atoms with Crippen LogP contribution in [0.2, 0.25) is 0 Å². The fourth-order valence-electron chi connectivity index (χ4n) is 2.19. The second-order valence-electron chi connectivity index (χ2n) is 7.45. The molecule has 0 heterocycles. The Morgan fingerprint density at radius 1 is 1.00 bits per heavy atom. The predicted molar refractivity (Wildman–Crippen MR) is 88.8 cm³/mol. The molecule has 0 spiro atoms. The van der Waals surface area contributed by atoms with E-state index in [-0.39, 0.29) is 17.4 Å². The van der Waals surface area contributed by atoms with Crippen LogP contribution >= 0.6 is 8.60 Å². The van der Waals surface area contributed by atoms with Crippen LogP contribution in [0.5, 0.6) is 5.75 Å². The van der Waals surface area contributed by atoms with E-state index in [9.17, 15) is 10.00 Å². The predicted octanol–water partition coefficient (Wildman–Crippen LogP) is 4.13. The molecule has 0 aliphatic carbocycles. The van der Waals surface area contributed by atoms with Crippen molar-refractivity contribution < 1.29 is 19.0 Å². The Kier molecular flexibility index (Phi) is 6.40. The highest BCUT2D eigenvalue weighted by Crippen LogP contribution is 2.40. The molecule has 0 aliphatic heterocycles. The Morgan fingerprint density at radius 2 is 1.45 bits per heavy atom. The van der Waals surface area contributed by atoms with E-state index in [1.54, 1.807) is 6.92 Å². The average molecular weight is 327 g/mol. The maximum atomic E-state index is 11.5. The van der Waals surface area contributed by atoms with Crippen LogP contribution in [0.25, 0.3) is 0 Å². The first-order chi connectivity index (χ1) is 9.96. The summed E-state index contributed by atoms with van der Waals surface area (Å²) in [5, 5.41) is 10.6. The zero-order valence-electron chi connectivity index (χ0n) is 14.7. The second-order valence-corrected chi connectivity index (χ2v) is 8.42. The molecule has 1 unspecified atom stereocenters. The van der Waals surface area contributed by atoms with Gasteiger partial charge < -0.3 is 19.0 Å². The molecule has 5 heteroatoms. The molecule has 1 atom stereocenters. The van der Waals surface area contributed by atoms with Gasteiger partial charge in [-0.3, -0.25) is 0 Å². The average Bonchev–Trinajstić information content (AvgIpc) is 2.35. The Labute approximate surface area is 135 Å². The Bertz CT molecular complexity index is 465. The molecule has 1 aromatic rings. The van der Waals surface area contributed by atoms with Crippen molar-refractivity contribution in [1.29, 1.82) is 0 Å². The van der Waals surface area contributed by atoms with E-state index >= 15 is 0 Å². The smallest absolute Gasteiger partial charge is 0.123 e. The minimum atomic E-state index is -2.10. The number of phenolic OH excluding ortho intramolecular Hbond substituents is 1. The highest BCUT2D eigenvalue weighted by atomic mass is 31.2. The molecule has 0 amide bonds. The van der Waals surface area contributed by atoms with E-state index < -0.39 is 8.60 Å². The van der Waals surface area contributed by atoms with Gasteiger partial charge in [-0.1, -0.05) is 41.5 Å². The lowest BCUT2D eigenvalue weighted by atomic mass is 9.78. The first-order valence-electron chi connectivity index (χ1n) is 7.56. The summed E-state index contributed by atoms with van der Waals surface area (Å²) >= 11 is 0. The largest absolute Gasteiger partial charge is 0.786 e. The molecule has 0 saturated carbocycles. The minimum Gasteiger partial charge on any atom is -0.786 e. The summed E-state index contributed by atoms with van der Waals surface area (Å²) < 4.78 is 10.2. The topological polar surface area (TPSA) is 61.8 Å². The quantitative estimate of drug-likeness (QED) is 0.826. The van der Waals surface area contributed by atoms with Crippen molar-refractivity contribution in [2.24, 2.45) is 0 Å². The van der Waals surface area contributed by atoms with E-state index in [4.69, 9.17) is 9.05 Å². The van der Waals surface area contributed by atoms with Crippen LogP contribution in [0.15, 0.2) is 12.1 Å². The monoisotopic (exact) mass is 327 g/mol. The van der Waals surface area contributed by atoms with Crippen LogP contribution in [-0.4, -0.2) is 11.7 Å². The first kappa shape index (κ1) is 19.4. The SMILES string of the molecule is CCOP([O-])OCc1cc(C(C)(C)C)c(O)c(C(C)(C)C)c1. The molecule has 126 valence electrons. The van der Waals surface area contributed by atoms with Crippen LogP contribution in [0.4, 0.5) is 0 Å². The number of hydrogen-bond donors (Lipinski definition) is 1. The van der Waals surface area contributed by atoms with Crippen molar-refractivity contribution in [3.8, 4) is 5.75 Å². The summed E-state index contributed by atoms with van der Waals surface area (Å²) in [6.07, 6.45) is 0. The minimum absolute atomic E-state index is 0.192. The molecule has 0 fully saturated rings. The molecule has 4 nitrogen and oxygen atoms in total. The van der Waals surface area contributed by atoms with Crippen molar-refractivity contribution in [2.75, 3.05) is 6.61 Å². The summed E-state index contributed by atoms with van der Waals surface area (Å²) in [5.41, 5.74) is 2.23. The van der Waals surface area contributed by atoms with Crippen LogP contribution in [0, 0.1) is 0 Å². The molecule has 22 heavy (non-hydrogen) atoms. The number of benzene rings is 1. The van der Waals surface area contributed by atoms with Crippen LogP contribution in [0.3, 0.4) is 0 Å². The van der Waals surface area contributed by atoms with Gasteiger partial charge in [0.25, 0.3) is 0 Å². The standard InChI is InChI=1S/C17H28O4P/c1-8-20-22(19)21-11-12-9-13(16(2,3)4)15(18)14(10-12)17(5,6)7/h9-10,18H,8,11H2,1-7H3/q-1. The zero-order chi connectivity index (χ0) is 17.1. The zero-order valence-corrected chi connectivity index (χ0v) is 15.6. The third-order valence-corrected chi connectivity index (χ3v) is 4.17. The van der Waals surface area contributed by atoms with Crippen molar-refractivity contribution in [3.63, 3.8) is 0 Å². The molecular weight excluding hydrogens is 299 g/mol. The molecule has 1 aromatic carbocycles. The number of aromatic hydroxyl groups is 1. The van der Waals surface area contributed by atoms with Crippen molar-refractivity contribution in [2.45, 2.75) is 65.9 Å². The van der Waals surface area contributed by atoms with Gasteiger partial charge in [-0.15, -0.1) is 0 Å². The summed E-state index contributed by atoms with van der Waals surface area (Å²) in [5.74, 6) is 0.331. The third kappa shape index (κ3) is 5.20. The molecular formula is C17H28O4P-. The Balaban J connectivity index is 3.18. The molecule has 0 bridgehead atoms. The van der Waals surface area contributed by atoms with E-state index in [2.05, 4.69) is 41.5 Å². The maximum Gasteiger partial charge on any atom is 0.123 e. The van der Waals surface area contributed by atoms with Gasteiger partial charge in [-0.25, -0.2) is 0 Å². The van der Waals surface area contributed by atoms with E-state index in [1.807, 2.05) is 12.1 Å². The Morgan fingerprint density at radius 3 is 1.82 bits per heavy atom. The number of hydrogen-bond acceptors (Lipinski definition) is 4. The number of phenols is 1. The molecule has 1 N–H and O–H groups in total. The van der Waals surface area contributed by atoms with Gasteiger partial charge in [-0.05, 0) is 46.6 Å². The maximum absolute atomic E-state index is 11.5. The van der Waals surface area contributed by atoms with E-state index in [0.29, 0.717) is 12.4 Å². The normalized spacial score (nSPS) is 14.2. The molecule has 0 radical (unpaired) electrons. The summed E-state index contributed by atoms with van der Waals surface area (Å²) in [6, 6.07) is 3.83. The van der Waals surface area contributed by atoms with Gasteiger partial charge in [0, 0.05) is 6.61 Å². The summed E-state index contributed by atoms with van der Waals surface area (Å²) in [4.78, 5) is 11.5. The second kappa shape index (κ2) is 7.27. The highest BCUT2D eigenvalue weighted by Gasteiger charge is 2.26. The van der Waals surface area contributed by atoms with Crippen LogP contribution < -0.4 is 4.89 Å². The van der Waals surface area contributed by atoms with Gasteiger partial charge in [-0.2, -0.15) is 0 Å². The lowest BCUT2D eigenvalue weighted by molar-refractivity contribution is -0.205. The van der Waals surface area contributed by atoms with Gasteiger partial charge in [0.1, 0.15) is 5.75 Å². The molecule has 0 saturated heterocycles. The lowest BCUT2D eigenvalue weighted by Gasteiger charge is -2.29. The van der Waals surface area contributed by atoms with E-state index in [1.165, 1.54) is 0 Å². The van der Waals surface area contributed by atoms with E-state index in [0.717, 1.165) is 16.7 Å².